The molecule has 0 unspecified atom stereocenters. The van der Waals surface area contributed by atoms with Gasteiger partial charge in [-0.05, 0) is 6.07 Å². The van der Waals surface area contributed by atoms with Gasteiger partial charge in [-0.1, -0.05) is 0 Å². The monoisotopic (exact) mass is 195 g/mol. The summed E-state index contributed by atoms with van der Waals surface area (Å²) in [6.45, 7) is 0. The number of anilines is 1. The van der Waals surface area contributed by atoms with Crippen LogP contribution in [0.1, 0.15) is 0 Å². The highest BCUT2D eigenvalue weighted by Crippen LogP contribution is 2.00. The molecule has 0 aliphatic carbocycles. The Morgan fingerprint density at radius 1 is 1.43 bits per heavy atom. The van der Waals surface area contributed by atoms with Crippen LogP contribution >= 0.6 is 0 Å². The van der Waals surface area contributed by atoms with Gasteiger partial charge in [-0.3, -0.25) is 15.0 Å². The highest BCUT2D eigenvalue weighted by atomic mass is 16.2. The van der Waals surface area contributed by atoms with Crippen LogP contribution < -0.4 is 21.2 Å². The van der Waals surface area contributed by atoms with E-state index in [1.807, 2.05) is 0 Å². The summed E-state index contributed by atoms with van der Waals surface area (Å²) in [5.41, 5.74) is 2.27. The zero-order valence-corrected chi connectivity index (χ0v) is 7.65. The first-order valence-electron chi connectivity index (χ1n) is 3.90. The van der Waals surface area contributed by atoms with E-state index in [0.717, 1.165) is 0 Å². The number of aromatic nitrogens is 1. The SMILES string of the molecule is C[n+]1cccc(NC(=O)C(=O)NN)c1. The Labute approximate surface area is 80.7 Å². The summed E-state index contributed by atoms with van der Waals surface area (Å²) in [7, 11) is 1.80. The second-order valence-corrected chi connectivity index (χ2v) is 2.69. The molecule has 0 saturated heterocycles. The Morgan fingerprint density at radius 2 is 2.14 bits per heavy atom. The summed E-state index contributed by atoms with van der Waals surface area (Å²) in [6, 6.07) is 3.41. The van der Waals surface area contributed by atoms with Gasteiger partial charge in [-0.2, -0.15) is 0 Å². The lowest BCUT2D eigenvalue weighted by Gasteiger charge is -2.01. The van der Waals surface area contributed by atoms with E-state index in [-0.39, 0.29) is 0 Å². The molecule has 0 fully saturated rings. The Balaban J connectivity index is 2.70. The van der Waals surface area contributed by atoms with E-state index in [9.17, 15) is 9.59 Å². The first kappa shape index (κ1) is 10.1. The van der Waals surface area contributed by atoms with E-state index in [4.69, 9.17) is 5.84 Å². The quantitative estimate of drug-likeness (QED) is 0.166. The predicted octanol–water partition coefficient (Wildman–Crippen LogP) is -1.56. The molecule has 1 aromatic rings. The van der Waals surface area contributed by atoms with E-state index in [1.165, 1.54) is 0 Å². The number of carbonyl (C=O) groups excluding carboxylic acids is 2. The minimum atomic E-state index is -0.878. The molecule has 0 bridgehead atoms. The van der Waals surface area contributed by atoms with Gasteiger partial charge in [0.15, 0.2) is 12.4 Å². The van der Waals surface area contributed by atoms with Gasteiger partial charge in [0.25, 0.3) is 0 Å². The van der Waals surface area contributed by atoms with E-state index in [0.29, 0.717) is 5.69 Å². The molecule has 0 spiro atoms. The smallest absolute Gasteiger partial charge is 0.313 e. The van der Waals surface area contributed by atoms with Crippen LogP contribution in [0.15, 0.2) is 24.5 Å². The highest BCUT2D eigenvalue weighted by Gasteiger charge is 2.12. The molecule has 2 amide bonds. The average Bonchev–Trinajstić information content (AvgIpc) is 2.16. The van der Waals surface area contributed by atoms with Crippen LogP contribution in [0.2, 0.25) is 0 Å². The third-order valence-electron chi connectivity index (χ3n) is 1.53. The van der Waals surface area contributed by atoms with Crippen LogP contribution in [0, 0.1) is 0 Å². The minimum Gasteiger partial charge on any atom is -0.313 e. The molecule has 0 aliphatic rings. The zero-order valence-electron chi connectivity index (χ0n) is 7.65. The highest BCUT2D eigenvalue weighted by molar-refractivity contribution is 6.39. The van der Waals surface area contributed by atoms with Crippen molar-refractivity contribution in [3.63, 3.8) is 0 Å². The number of hydrazine groups is 1. The van der Waals surface area contributed by atoms with Crippen molar-refractivity contribution in [3.05, 3.63) is 24.5 Å². The maximum Gasteiger partial charge on any atom is 0.323 e. The molecular weight excluding hydrogens is 184 g/mol. The van der Waals surface area contributed by atoms with Crippen molar-refractivity contribution in [1.29, 1.82) is 0 Å². The molecule has 0 aromatic carbocycles. The molecule has 6 heteroatoms. The fourth-order valence-electron chi connectivity index (χ4n) is 0.915. The summed E-state index contributed by atoms with van der Waals surface area (Å²) in [5.74, 6) is 3.12. The molecule has 1 aromatic heterocycles. The van der Waals surface area contributed by atoms with Gasteiger partial charge >= 0.3 is 11.8 Å². The third kappa shape index (κ3) is 2.53. The number of aryl methyl sites for hydroxylation is 1. The van der Waals surface area contributed by atoms with Crippen LogP contribution in [-0.2, 0) is 16.6 Å². The molecule has 74 valence electrons. The van der Waals surface area contributed by atoms with Crippen LogP contribution in [0.4, 0.5) is 5.69 Å². The molecule has 6 nitrogen and oxygen atoms in total. The van der Waals surface area contributed by atoms with E-state index >= 15 is 0 Å². The Kier molecular flexibility index (Phi) is 3.14. The van der Waals surface area contributed by atoms with Crippen molar-refractivity contribution in [2.75, 3.05) is 5.32 Å². The molecule has 14 heavy (non-hydrogen) atoms. The average molecular weight is 195 g/mol. The third-order valence-corrected chi connectivity index (χ3v) is 1.53. The van der Waals surface area contributed by atoms with Gasteiger partial charge in [0.1, 0.15) is 12.7 Å². The normalized spacial score (nSPS) is 9.29. The van der Waals surface area contributed by atoms with Crippen LogP contribution in [0.25, 0.3) is 0 Å². The van der Waals surface area contributed by atoms with Gasteiger partial charge in [0, 0.05) is 6.07 Å². The first-order valence-corrected chi connectivity index (χ1v) is 3.90. The summed E-state index contributed by atoms with van der Waals surface area (Å²) >= 11 is 0. The zero-order chi connectivity index (χ0) is 10.6. The second-order valence-electron chi connectivity index (χ2n) is 2.69. The molecule has 0 saturated carbocycles. The summed E-state index contributed by atoms with van der Waals surface area (Å²) in [6.07, 6.45) is 3.47. The van der Waals surface area contributed by atoms with Crippen LogP contribution in [0.5, 0.6) is 0 Å². The van der Waals surface area contributed by atoms with Gasteiger partial charge in [0.05, 0.1) is 0 Å². The van der Waals surface area contributed by atoms with E-state index in [1.54, 1.807) is 41.6 Å². The number of carbonyl (C=O) groups is 2. The summed E-state index contributed by atoms with van der Waals surface area (Å²) < 4.78 is 1.75. The topological polar surface area (TPSA) is 88.1 Å². The van der Waals surface area contributed by atoms with Crippen molar-refractivity contribution in [1.82, 2.24) is 5.43 Å². The van der Waals surface area contributed by atoms with E-state index < -0.39 is 11.8 Å². The number of nitrogens with two attached hydrogens (primary N) is 1. The van der Waals surface area contributed by atoms with Gasteiger partial charge in [-0.25, -0.2) is 10.4 Å². The Hall–Kier alpha value is -1.95. The molecule has 1 heterocycles. The standard InChI is InChI=1S/C8H10N4O2/c1-12-4-2-3-6(5-12)10-7(13)8(14)11-9/h2-5H,1H3,(H3-,9,10,11,13,14)/p+1. The van der Waals surface area contributed by atoms with Crippen molar-refractivity contribution in [3.8, 4) is 0 Å². The summed E-state index contributed by atoms with van der Waals surface area (Å²) in [5, 5.41) is 2.38. The number of pyridine rings is 1. The largest absolute Gasteiger partial charge is 0.323 e. The van der Waals surface area contributed by atoms with Gasteiger partial charge in [-0.15, -0.1) is 0 Å². The molecular formula is C8H11N4O2+. The fraction of sp³-hybridized carbons (Fsp3) is 0.125. The summed E-state index contributed by atoms with van der Waals surface area (Å²) in [4.78, 5) is 21.8. The van der Waals surface area contributed by atoms with Crippen molar-refractivity contribution >= 4 is 17.5 Å². The maximum absolute atomic E-state index is 11.0. The number of nitrogens with zero attached hydrogens (tertiary/aromatic N) is 1. The van der Waals surface area contributed by atoms with Crippen molar-refractivity contribution in [2.24, 2.45) is 12.9 Å². The fourth-order valence-corrected chi connectivity index (χ4v) is 0.915. The molecule has 1 rings (SSSR count). The molecule has 0 radical (unpaired) electrons. The first-order chi connectivity index (χ1) is 6.63. The lowest BCUT2D eigenvalue weighted by Crippen LogP contribution is -2.40. The van der Waals surface area contributed by atoms with Crippen LogP contribution in [0.3, 0.4) is 0 Å². The predicted molar refractivity (Wildman–Crippen MR) is 48.6 cm³/mol. The van der Waals surface area contributed by atoms with Crippen LogP contribution in [-0.4, -0.2) is 11.8 Å². The lowest BCUT2D eigenvalue weighted by atomic mass is 10.4. The van der Waals surface area contributed by atoms with Crippen molar-refractivity contribution < 1.29 is 14.2 Å². The maximum atomic E-state index is 11.0. The molecule has 0 atom stereocenters. The van der Waals surface area contributed by atoms with Gasteiger partial charge in [0.2, 0.25) is 0 Å². The molecule has 4 N–H and O–H groups in total. The number of amides is 2. The Morgan fingerprint density at radius 3 is 2.71 bits per heavy atom. The second kappa shape index (κ2) is 4.33. The number of nitrogens with one attached hydrogen (secondary N) is 2. The number of hydrogen-bond acceptors (Lipinski definition) is 3. The van der Waals surface area contributed by atoms with E-state index in [2.05, 4.69) is 5.32 Å². The van der Waals surface area contributed by atoms with Gasteiger partial charge < -0.3 is 5.32 Å². The lowest BCUT2D eigenvalue weighted by molar-refractivity contribution is -0.670. The Bertz CT molecular complexity index is 364. The number of rotatable bonds is 1. The van der Waals surface area contributed by atoms with Crippen molar-refractivity contribution in [2.45, 2.75) is 0 Å². The molecule has 0 aliphatic heterocycles. The number of hydrogen-bond donors (Lipinski definition) is 3. The minimum absolute atomic E-state index is 0.531.